The van der Waals surface area contributed by atoms with Gasteiger partial charge in [-0.05, 0) is 19.1 Å². The first-order chi connectivity index (χ1) is 14.1. The molecule has 1 atom stereocenters. The number of rotatable bonds is 6. The van der Waals surface area contributed by atoms with Gasteiger partial charge in [0.2, 0.25) is 0 Å². The van der Waals surface area contributed by atoms with Crippen LogP contribution in [0.1, 0.15) is 17.5 Å². The van der Waals surface area contributed by atoms with Gasteiger partial charge < -0.3 is 19.5 Å². The van der Waals surface area contributed by atoms with Crippen LogP contribution in [0.25, 0.3) is 17.1 Å². The molecule has 0 aliphatic carbocycles. The van der Waals surface area contributed by atoms with Crippen molar-refractivity contribution < 1.29 is 14.6 Å². The fraction of sp³-hybridized carbons (Fsp3) is 0.381. The largest absolute Gasteiger partial charge is 0.383 e. The van der Waals surface area contributed by atoms with Gasteiger partial charge in [-0.15, -0.1) is 0 Å². The number of aliphatic hydroxyl groups excluding tert-OH is 1. The maximum Gasteiger partial charge on any atom is 0.164 e. The highest BCUT2D eigenvalue weighted by Crippen LogP contribution is 2.23. The van der Waals surface area contributed by atoms with Crippen LogP contribution in [0.2, 0.25) is 0 Å². The number of methoxy groups -OCH3 is 1. The zero-order chi connectivity index (χ0) is 20.2. The van der Waals surface area contributed by atoms with E-state index in [2.05, 4.69) is 33.9 Å². The highest BCUT2D eigenvalue weighted by atomic mass is 16.5. The number of hydrogen-bond acceptors (Lipinski definition) is 7. The van der Waals surface area contributed by atoms with Crippen LogP contribution in [0, 0.1) is 6.92 Å². The fourth-order valence-electron chi connectivity index (χ4n) is 3.30. The summed E-state index contributed by atoms with van der Waals surface area (Å²) in [5.41, 5.74) is 3.09. The molecule has 0 amide bonds. The molecule has 0 radical (unpaired) electrons. The Morgan fingerprint density at radius 1 is 1.14 bits per heavy atom. The third-order valence-electron chi connectivity index (χ3n) is 4.81. The van der Waals surface area contributed by atoms with Gasteiger partial charge in [-0.2, -0.15) is 5.10 Å². The number of aryl methyl sites for hydroxylation is 1. The van der Waals surface area contributed by atoms with Crippen molar-refractivity contribution in [3.8, 4) is 17.1 Å². The monoisotopic (exact) mass is 395 g/mol. The predicted molar refractivity (Wildman–Crippen MR) is 109 cm³/mol. The Hall–Kier alpha value is -2.81. The standard InChI is InChI=1S/C21H25N5O3/c1-15-4-3-5-16(12-15)17-6-7-26(24-17)20-13-19(25-8-10-29-11-9-25)22-21(23-20)18(27)14-28-2/h3-7,12-13,18,27H,8-11,14H2,1-2H3/t18-/m0/s1. The van der Waals surface area contributed by atoms with E-state index in [-0.39, 0.29) is 6.61 Å². The fourth-order valence-corrected chi connectivity index (χ4v) is 3.30. The SMILES string of the molecule is COC[C@H](O)c1nc(N2CCOCC2)cc(-n2ccc(-c3cccc(C)c3)n2)n1. The van der Waals surface area contributed by atoms with Crippen molar-refractivity contribution in [1.29, 1.82) is 0 Å². The number of aliphatic hydroxyl groups is 1. The topological polar surface area (TPSA) is 85.5 Å². The molecule has 8 nitrogen and oxygen atoms in total. The van der Waals surface area contributed by atoms with Crippen LogP contribution in [0.15, 0.2) is 42.6 Å². The van der Waals surface area contributed by atoms with E-state index in [1.807, 2.05) is 30.5 Å². The lowest BCUT2D eigenvalue weighted by molar-refractivity contribution is 0.0587. The average molecular weight is 395 g/mol. The summed E-state index contributed by atoms with van der Waals surface area (Å²) in [6, 6.07) is 12.1. The van der Waals surface area contributed by atoms with Crippen LogP contribution in [-0.4, -0.2) is 64.9 Å². The van der Waals surface area contributed by atoms with E-state index in [4.69, 9.17) is 14.6 Å². The van der Waals surface area contributed by atoms with E-state index in [1.54, 1.807) is 4.68 Å². The first-order valence-corrected chi connectivity index (χ1v) is 9.66. The van der Waals surface area contributed by atoms with Crippen LogP contribution < -0.4 is 4.90 Å². The van der Waals surface area contributed by atoms with Crippen LogP contribution in [0.3, 0.4) is 0 Å². The Morgan fingerprint density at radius 2 is 1.93 bits per heavy atom. The molecule has 29 heavy (non-hydrogen) atoms. The molecule has 1 saturated heterocycles. The number of hydrogen-bond donors (Lipinski definition) is 1. The zero-order valence-electron chi connectivity index (χ0n) is 16.7. The van der Waals surface area contributed by atoms with Gasteiger partial charge in [-0.3, -0.25) is 0 Å². The summed E-state index contributed by atoms with van der Waals surface area (Å²) < 4.78 is 12.2. The first kappa shape index (κ1) is 19.5. The Balaban J connectivity index is 1.71. The molecule has 0 bridgehead atoms. The first-order valence-electron chi connectivity index (χ1n) is 9.66. The molecule has 0 unspecified atom stereocenters. The van der Waals surface area contributed by atoms with Crippen molar-refractivity contribution in [2.75, 3.05) is 44.9 Å². The molecule has 0 saturated carbocycles. The van der Waals surface area contributed by atoms with E-state index >= 15 is 0 Å². The molecule has 1 fully saturated rings. The van der Waals surface area contributed by atoms with Gasteiger partial charge in [0, 0.05) is 38.0 Å². The Labute approximate surface area is 169 Å². The van der Waals surface area contributed by atoms with E-state index in [0.717, 1.165) is 30.2 Å². The second kappa shape index (κ2) is 8.69. The minimum absolute atomic E-state index is 0.125. The van der Waals surface area contributed by atoms with Crippen LogP contribution >= 0.6 is 0 Å². The molecule has 0 spiro atoms. The molecule has 1 N–H and O–H groups in total. The van der Waals surface area contributed by atoms with E-state index < -0.39 is 6.10 Å². The van der Waals surface area contributed by atoms with Crippen molar-refractivity contribution in [2.45, 2.75) is 13.0 Å². The Morgan fingerprint density at radius 3 is 2.69 bits per heavy atom. The minimum Gasteiger partial charge on any atom is -0.383 e. The summed E-state index contributed by atoms with van der Waals surface area (Å²) in [5, 5.41) is 15.1. The van der Waals surface area contributed by atoms with Crippen molar-refractivity contribution in [2.24, 2.45) is 0 Å². The number of anilines is 1. The molecule has 8 heteroatoms. The number of nitrogens with zero attached hydrogens (tertiary/aromatic N) is 5. The third kappa shape index (κ3) is 4.45. The Kier molecular flexibility index (Phi) is 5.84. The van der Waals surface area contributed by atoms with Crippen molar-refractivity contribution >= 4 is 5.82 Å². The molecular formula is C21H25N5O3. The van der Waals surface area contributed by atoms with E-state index in [1.165, 1.54) is 12.7 Å². The molecule has 3 heterocycles. The van der Waals surface area contributed by atoms with E-state index in [9.17, 15) is 5.11 Å². The summed E-state index contributed by atoms with van der Waals surface area (Å²) in [6.45, 7) is 4.96. The van der Waals surface area contributed by atoms with Crippen molar-refractivity contribution in [3.63, 3.8) is 0 Å². The quantitative estimate of drug-likeness (QED) is 0.684. The molecule has 1 aliphatic heterocycles. The highest BCUT2D eigenvalue weighted by Gasteiger charge is 2.19. The summed E-state index contributed by atoms with van der Waals surface area (Å²) >= 11 is 0. The molecule has 3 aromatic rings. The third-order valence-corrected chi connectivity index (χ3v) is 4.81. The second-order valence-electron chi connectivity index (χ2n) is 7.03. The van der Waals surface area contributed by atoms with E-state index in [0.29, 0.717) is 24.9 Å². The number of aromatic nitrogens is 4. The van der Waals surface area contributed by atoms with Gasteiger partial charge in [-0.25, -0.2) is 14.6 Å². The number of benzene rings is 1. The molecule has 1 aromatic carbocycles. The highest BCUT2D eigenvalue weighted by molar-refractivity contribution is 5.60. The van der Waals surface area contributed by atoms with Crippen molar-refractivity contribution in [3.05, 3.63) is 54.0 Å². The van der Waals surface area contributed by atoms with Crippen LogP contribution in [-0.2, 0) is 9.47 Å². The van der Waals surface area contributed by atoms with Gasteiger partial charge in [0.25, 0.3) is 0 Å². The molecular weight excluding hydrogens is 370 g/mol. The van der Waals surface area contributed by atoms with Gasteiger partial charge in [0.05, 0.1) is 25.5 Å². The van der Waals surface area contributed by atoms with Gasteiger partial charge in [-0.1, -0.05) is 23.8 Å². The average Bonchev–Trinajstić information content (AvgIpc) is 3.25. The summed E-state index contributed by atoms with van der Waals surface area (Å²) in [6.07, 6.45) is 0.960. The van der Waals surface area contributed by atoms with Gasteiger partial charge in [0.15, 0.2) is 11.6 Å². The second-order valence-corrected chi connectivity index (χ2v) is 7.03. The lowest BCUT2D eigenvalue weighted by atomic mass is 10.1. The molecule has 1 aliphatic rings. The number of morpholine rings is 1. The predicted octanol–water partition coefficient (Wildman–Crippen LogP) is 2.15. The van der Waals surface area contributed by atoms with Gasteiger partial charge >= 0.3 is 0 Å². The minimum atomic E-state index is -0.911. The maximum atomic E-state index is 10.4. The zero-order valence-corrected chi connectivity index (χ0v) is 16.7. The van der Waals surface area contributed by atoms with Gasteiger partial charge in [0.1, 0.15) is 11.9 Å². The Bertz CT molecular complexity index is 968. The van der Waals surface area contributed by atoms with Crippen LogP contribution in [0.4, 0.5) is 5.82 Å². The number of ether oxygens (including phenoxy) is 2. The lowest BCUT2D eigenvalue weighted by Gasteiger charge is -2.28. The summed E-state index contributed by atoms with van der Waals surface area (Å²) in [4.78, 5) is 11.2. The molecule has 4 rings (SSSR count). The maximum absolute atomic E-state index is 10.4. The smallest absolute Gasteiger partial charge is 0.164 e. The molecule has 152 valence electrons. The van der Waals surface area contributed by atoms with Crippen LogP contribution in [0.5, 0.6) is 0 Å². The molecule has 2 aromatic heterocycles. The normalized spacial score (nSPS) is 15.5. The van der Waals surface area contributed by atoms with Crippen molar-refractivity contribution in [1.82, 2.24) is 19.7 Å². The summed E-state index contributed by atoms with van der Waals surface area (Å²) in [5.74, 6) is 1.67. The summed E-state index contributed by atoms with van der Waals surface area (Å²) in [7, 11) is 1.54. The lowest BCUT2D eigenvalue weighted by Crippen LogP contribution is -2.37.